The Hall–Kier alpha value is -3.28. The molecule has 0 bridgehead atoms. The van der Waals surface area contributed by atoms with E-state index in [1.807, 2.05) is 28.7 Å². The van der Waals surface area contributed by atoms with Gasteiger partial charge in [0.2, 0.25) is 0 Å². The number of fused-ring (bicyclic) bond motifs is 3. The van der Waals surface area contributed by atoms with E-state index in [2.05, 4.69) is 9.97 Å². The Labute approximate surface area is 125 Å². The number of anilines is 1. The summed E-state index contributed by atoms with van der Waals surface area (Å²) in [6.45, 7) is 0. The van der Waals surface area contributed by atoms with Crippen molar-refractivity contribution in [2.75, 3.05) is 5.73 Å². The fourth-order valence-electron chi connectivity index (χ4n) is 2.55. The van der Waals surface area contributed by atoms with Gasteiger partial charge >= 0.3 is 0 Å². The molecule has 0 radical (unpaired) electrons. The molecule has 2 aromatic heterocycles. The minimum Gasteiger partial charge on any atom is -0.508 e. The summed E-state index contributed by atoms with van der Waals surface area (Å²) in [4.78, 5) is 8.80. The second-order valence-corrected chi connectivity index (χ2v) is 5.01. The third kappa shape index (κ3) is 1.74. The number of aromatic hydroxyl groups is 2. The van der Waals surface area contributed by atoms with Crippen LogP contribution in [0.1, 0.15) is 0 Å². The van der Waals surface area contributed by atoms with Crippen LogP contribution >= 0.6 is 0 Å². The zero-order valence-corrected chi connectivity index (χ0v) is 11.4. The van der Waals surface area contributed by atoms with Crippen molar-refractivity contribution in [3.63, 3.8) is 0 Å². The van der Waals surface area contributed by atoms with E-state index >= 15 is 0 Å². The van der Waals surface area contributed by atoms with Crippen LogP contribution in [0.4, 0.5) is 5.82 Å². The topological polar surface area (TPSA) is 96.7 Å². The molecule has 0 aliphatic rings. The molecule has 2 heterocycles. The van der Waals surface area contributed by atoms with Crippen molar-refractivity contribution in [1.29, 1.82) is 0 Å². The van der Waals surface area contributed by atoms with Crippen LogP contribution in [0.2, 0.25) is 0 Å². The molecule has 0 atom stereocenters. The van der Waals surface area contributed by atoms with Crippen LogP contribution in [0.15, 0.2) is 48.7 Å². The number of aromatic nitrogens is 3. The molecule has 6 nitrogen and oxygen atoms in total. The van der Waals surface area contributed by atoms with Crippen molar-refractivity contribution in [3.8, 4) is 22.8 Å². The number of benzene rings is 2. The molecule has 4 rings (SSSR count). The maximum atomic E-state index is 10.00. The lowest BCUT2D eigenvalue weighted by Gasteiger charge is -2.02. The number of phenolic OH excluding ortho intramolecular Hbond substituents is 2. The molecular weight excluding hydrogens is 280 g/mol. The Morgan fingerprint density at radius 3 is 2.64 bits per heavy atom. The first-order valence-electron chi connectivity index (χ1n) is 6.69. The quantitative estimate of drug-likeness (QED) is 0.501. The van der Waals surface area contributed by atoms with Crippen molar-refractivity contribution in [2.45, 2.75) is 0 Å². The van der Waals surface area contributed by atoms with Gasteiger partial charge in [-0.05, 0) is 24.3 Å². The Morgan fingerprint density at radius 2 is 1.82 bits per heavy atom. The number of nitrogens with two attached hydrogens (primary N) is 1. The Kier molecular flexibility index (Phi) is 2.47. The minimum atomic E-state index is -0.0424. The number of nitrogens with zero attached hydrogens (tertiary/aromatic N) is 3. The number of hydrogen-bond acceptors (Lipinski definition) is 5. The largest absolute Gasteiger partial charge is 0.508 e. The lowest BCUT2D eigenvalue weighted by molar-refractivity contribution is 0.452. The molecule has 4 aromatic rings. The van der Waals surface area contributed by atoms with Crippen molar-refractivity contribution < 1.29 is 10.2 Å². The summed E-state index contributed by atoms with van der Waals surface area (Å²) in [5.74, 6) is 0.277. The lowest BCUT2D eigenvalue weighted by atomic mass is 10.1. The smallest absolute Gasteiger partial charge is 0.180 e. The van der Waals surface area contributed by atoms with Gasteiger partial charge in [-0.1, -0.05) is 12.1 Å². The standard InChI is InChI=1S/C16H12N4O2/c17-15-16-19-12(10-6-5-9(21)7-14(10)22)8-20(16)13-4-2-1-3-11(13)18-15/h1-8,21-22H,(H2,17,18). The molecule has 0 aliphatic heterocycles. The maximum Gasteiger partial charge on any atom is 0.180 e. The normalized spacial score (nSPS) is 11.3. The number of imidazole rings is 1. The second-order valence-electron chi connectivity index (χ2n) is 5.01. The van der Waals surface area contributed by atoms with E-state index in [1.54, 1.807) is 12.3 Å². The molecular formula is C16H12N4O2. The predicted molar refractivity (Wildman–Crippen MR) is 83.7 cm³/mol. The van der Waals surface area contributed by atoms with Crippen molar-refractivity contribution in [1.82, 2.24) is 14.4 Å². The molecule has 0 saturated heterocycles. The summed E-state index contributed by atoms with van der Waals surface area (Å²) in [6.07, 6.45) is 1.79. The molecule has 0 saturated carbocycles. The first-order chi connectivity index (χ1) is 10.6. The molecule has 0 spiro atoms. The molecule has 0 fully saturated rings. The number of rotatable bonds is 1. The molecule has 6 heteroatoms. The maximum absolute atomic E-state index is 10.00. The molecule has 0 aliphatic carbocycles. The van der Waals surface area contributed by atoms with E-state index in [0.29, 0.717) is 22.7 Å². The fraction of sp³-hybridized carbons (Fsp3) is 0. The molecule has 22 heavy (non-hydrogen) atoms. The van der Waals surface area contributed by atoms with Crippen molar-refractivity contribution in [2.24, 2.45) is 0 Å². The minimum absolute atomic E-state index is 0.00311. The molecule has 4 N–H and O–H groups in total. The highest BCUT2D eigenvalue weighted by Crippen LogP contribution is 2.32. The van der Waals surface area contributed by atoms with Crippen LogP contribution in [0, 0.1) is 0 Å². The fourth-order valence-corrected chi connectivity index (χ4v) is 2.55. The zero-order valence-electron chi connectivity index (χ0n) is 11.4. The van der Waals surface area contributed by atoms with Crippen LogP contribution in [0.25, 0.3) is 27.9 Å². The number of phenols is 2. The van der Waals surface area contributed by atoms with E-state index in [-0.39, 0.29) is 11.5 Å². The van der Waals surface area contributed by atoms with Gasteiger partial charge in [0.05, 0.1) is 16.7 Å². The van der Waals surface area contributed by atoms with E-state index in [1.165, 1.54) is 12.1 Å². The molecule has 0 unspecified atom stereocenters. The van der Waals surface area contributed by atoms with Gasteiger partial charge < -0.3 is 15.9 Å². The van der Waals surface area contributed by atoms with E-state index in [9.17, 15) is 10.2 Å². The van der Waals surface area contributed by atoms with Crippen molar-refractivity contribution in [3.05, 3.63) is 48.7 Å². The Morgan fingerprint density at radius 1 is 1.00 bits per heavy atom. The van der Waals surface area contributed by atoms with E-state index in [0.717, 1.165) is 11.0 Å². The van der Waals surface area contributed by atoms with Crippen LogP contribution in [0.5, 0.6) is 11.5 Å². The van der Waals surface area contributed by atoms with E-state index < -0.39 is 0 Å². The van der Waals surface area contributed by atoms with Gasteiger partial charge in [0.25, 0.3) is 0 Å². The number of hydrogen-bond donors (Lipinski definition) is 3. The zero-order chi connectivity index (χ0) is 15.3. The van der Waals surface area contributed by atoms with Gasteiger partial charge in [0.15, 0.2) is 11.5 Å². The molecule has 2 aromatic carbocycles. The van der Waals surface area contributed by atoms with Gasteiger partial charge in [0.1, 0.15) is 11.5 Å². The van der Waals surface area contributed by atoms with Crippen LogP contribution < -0.4 is 5.73 Å². The summed E-state index contributed by atoms with van der Waals surface area (Å²) in [6, 6.07) is 12.0. The summed E-state index contributed by atoms with van der Waals surface area (Å²) in [5, 5.41) is 19.4. The highest BCUT2D eigenvalue weighted by Gasteiger charge is 2.13. The van der Waals surface area contributed by atoms with Gasteiger partial charge in [-0.3, -0.25) is 4.40 Å². The second kappa shape index (κ2) is 4.36. The van der Waals surface area contributed by atoms with E-state index in [4.69, 9.17) is 5.73 Å². The number of para-hydroxylation sites is 2. The van der Waals surface area contributed by atoms with Crippen molar-refractivity contribution >= 4 is 22.5 Å². The highest BCUT2D eigenvalue weighted by molar-refractivity contribution is 5.84. The Balaban J connectivity index is 2.05. The predicted octanol–water partition coefficient (Wildman–Crippen LogP) is 2.54. The SMILES string of the molecule is Nc1nc2ccccc2n2cc(-c3ccc(O)cc3O)nc12. The lowest BCUT2D eigenvalue weighted by Crippen LogP contribution is -1.97. The third-order valence-corrected chi connectivity index (χ3v) is 3.57. The van der Waals surface area contributed by atoms with Crippen LogP contribution in [-0.4, -0.2) is 24.6 Å². The van der Waals surface area contributed by atoms with Crippen LogP contribution in [0.3, 0.4) is 0 Å². The summed E-state index contributed by atoms with van der Waals surface area (Å²) in [5.41, 5.74) is 9.23. The van der Waals surface area contributed by atoms with Gasteiger partial charge in [-0.2, -0.15) is 0 Å². The average Bonchev–Trinajstić information content (AvgIpc) is 2.93. The first-order valence-corrected chi connectivity index (χ1v) is 6.69. The molecule has 108 valence electrons. The average molecular weight is 292 g/mol. The van der Waals surface area contributed by atoms with Gasteiger partial charge in [0, 0.05) is 17.8 Å². The Bertz CT molecular complexity index is 1020. The number of nitrogen functional groups attached to an aromatic ring is 1. The monoisotopic (exact) mass is 292 g/mol. The summed E-state index contributed by atoms with van der Waals surface area (Å²) in [7, 11) is 0. The first kappa shape index (κ1) is 12.5. The van der Waals surface area contributed by atoms with Gasteiger partial charge in [-0.25, -0.2) is 9.97 Å². The van der Waals surface area contributed by atoms with Gasteiger partial charge in [-0.15, -0.1) is 0 Å². The van der Waals surface area contributed by atoms with Crippen LogP contribution in [-0.2, 0) is 0 Å². The molecule has 0 amide bonds. The highest BCUT2D eigenvalue weighted by atomic mass is 16.3. The summed E-state index contributed by atoms with van der Waals surface area (Å²) >= 11 is 0. The summed E-state index contributed by atoms with van der Waals surface area (Å²) < 4.78 is 1.85. The third-order valence-electron chi connectivity index (χ3n) is 3.57.